The van der Waals surface area contributed by atoms with Crippen molar-refractivity contribution >= 4 is 17.5 Å². The molecule has 1 fully saturated rings. The summed E-state index contributed by atoms with van der Waals surface area (Å²) >= 11 is 0. The highest BCUT2D eigenvalue weighted by Crippen LogP contribution is 2.30. The Morgan fingerprint density at radius 3 is 2.87 bits per heavy atom. The molecule has 0 spiro atoms. The van der Waals surface area contributed by atoms with Crippen molar-refractivity contribution in [1.82, 2.24) is 20.3 Å². The van der Waals surface area contributed by atoms with Crippen molar-refractivity contribution < 1.29 is 14.1 Å². The first-order chi connectivity index (χ1) is 15.1. The number of piperidine rings is 1. The van der Waals surface area contributed by atoms with Gasteiger partial charge in [-0.1, -0.05) is 30.3 Å². The van der Waals surface area contributed by atoms with Crippen LogP contribution in [0, 0.1) is 0 Å². The van der Waals surface area contributed by atoms with Crippen molar-refractivity contribution in [2.45, 2.75) is 38.5 Å². The third-order valence-electron chi connectivity index (χ3n) is 5.74. The molecule has 1 atom stereocenters. The molecule has 1 aliphatic heterocycles. The predicted molar refractivity (Wildman–Crippen MR) is 116 cm³/mol. The van der Waals surface area contributed by atoms with Crippen LogP contribution in [-0.2, 0) is 6.42 Å². The van der Waals surface area contributed by atoms with Gasteiger partial charge in [-0.05, 0) is 31.4 Å². The van der Waals surface area contributed by atoms with Crippen molar-refractivity contribution in [3.05, 3.63) is 65.3 Å². The Labute approximate surface area is 181 Å². The summed E-state index contributed by atoms with van der Waals surface area (Å²) in [7, 11) is 1.75. The second-order valence-electron chi connectivity index (χ2n) is 7.92. The Bertz CT molecular complexity index is 1040. The lowest BCUT2D eigenvalue weighted by Gasteiger charge is -2.32. The standard InChI is InChI=1S/C23H27N5O3/c1-3-8-18-13-20(26-31-18)23(30)28-12-7-9-16(15-28)21-19(14-24-25-21)22(29)27(2)17-10-5-4-6-11-17/h4-6,10-11,13-14,16H,3,7-9,12,15H2,1-2H3,(H,24,25)/t16-/m0/s1. The van der Waals surface area contributed by atoms with Gasteiger partial charge < -0.3 is 14.3 Å². The normalized spacial score (nSPS) is 16.3. The molecule has 1 N–H and O–H groups in total. The van der Waals surface area contributed by atoms with E-state index in [9.17, 15) is 9.59 Å². The Morgan fingerprint density at radius 1 is 1.29 bits per heavy atom. The maximum absolute atomic E-state index is 13.1. The number of rotatable bonds is 6. The van der Waals surface area contributed by atoms with Gasteiger partial charge in [-0.25, -0.2) is 0 Å². The van der Waals surface area contributed by atoms with Gasteiger partial charge in [0, 0.05) is 44.2 Å². The molecule has 0 bridgehead atoms. The van der Waals surface area contributed by atoms with Crippen LogP contribution in [0.2, 0.25) is 0 Å². The lowest BCUT2D eigenvalue weighted by Crippen LogP contribution is -2.40. The summed E-state index contributed by atoms with van der Waals surface area (Å²) in [6.45, 7) is 3.22. The fourth-order valence-electron chi connectivity index (χ4n) is 4.06. The largest absolute Gasteiger partial charge is 0.361 e. The molecule has 3 heterocycles. The number of nitrogens with zero attached hydrogens (tertiary/aromatic N) is 4. The molecule has 162 valence electrons. The maximum atomic E-state index is 13.1. The van der Waals surface area contributed by atoms with E-state index < -0.39 is 0 Å². The van der Waals surface area contributed by atoms with Gasteiger partial charge in [-0.3, -0.25) is 14.7 Å². The predicted octanol–water partition coefficient (Wildman–Crippen LogP) is 3.65. The lowest BCUT2D eigenvalue weighted by molar-refractivity contribution is 0.0695. The molecular formula is C23H27N5O3. The highest BCUT2D eigenvalue weighted by Gasteiger charge is 2.31. The minimum absolute atomic E-state index is 0.00494. The number of aromatic nitrogens is 3. The number of aryl methyl sites for hydroxylation is 1. The van der Waals surface area contributed by atoms with Crippen LogP contribution < -0.4 is 4.90 Å². The van der Waals surface area contributed by atoms with Gasteiger partial charge in [0.05, 0.1) is 17.5 Å². The summed E-state index contributed by atoms with van der Waals surface area (Å²) in [5.41, 5.74) is 2.47. The molecule has 2 aromatic heterocycles. The van der Waals surface area contributed by atoms with E-state index in [0.717, 1.165) is 42.8 Å². The number of benzene rings is 1. The van der Waals surface area contributed by atoms with Crippen LogP contribution in [-0.4, -0.2) is 52.2 Å². The minimum atomic E-state index is -0.135. The Balaban J connectivity index is 1.50. The van der Waals surface area contributed by atoms with Crippen LogP contribution in [0.1, 0.15) is 64.4 Å². The SMILES string of the molecule is CCCc1cc(C(=O)N2CCC[C@H](c3[nH]ncc3C(=O)N(C)c3ccccc3)C2)no1. The number of carbonyl (C=O) groups excluding carboxylic acids is 2. The molecule has 1 aromatic carbocycles. The van der Waals surface area contributed by atoms with Crippen LogP contribution >= 0.6 is 0 Å². The molecule has 0 aliphatic carbocycles. The molecule has 3 aromatic rings. The van der Waals surface area contributed by atoms with Crippen molar-refractivity contribution in [3.63, 3.8) is 0 Å². The van der Waals surface area contributed by atoms with Gasteiger partial charge in [-0.2, -0.15) is 5.10 Å². The van der Waals surface area contributed by atoms with E-state index in [-0.39, 0.29) is 17.7 Å². The number of hydrogen-bond donors (Lipinski definition) is 1. The van der Waals surface area contributed by atoms with Crippen molar-refractivity contribution in [2.75, 3.05) is 25.0 Å². The first kappa shape index (κ1) is 20.8. The second kappa shape index (κ2) is 9.16. The van der Waals surface area contributed by atoms with Gasteiger partial charge in [0.1, 0.15) is 5.76 Å². The fourth-order valence-corrected chi connectivity index (χ4v) is 4.06. The number of anilines is 1. The third kappa shape index (κ3) is 4.38. The monoisotopic (exact) mass is 421 g/mol. The summed E-state index contributed by atoms with van der Waals surface area (Å²) < 4.78 is 5.27. The van der Waals surface area contributed by atoms with Crippen molar-refractivity contribution in [2.24, 2.45) is 0 Å². The number of nitrogens with one attached hydrogen (secondary N) is 1. The Morgan fingerprint density at radius 2 is 2.10 bits per heavy atom. The number of H-pyrrole nitrogens is 1. The van der Waals surface area contributed by atoms with E-state index in [0.29, 0.717) is 24.3 Å². The number of hydrogen-bond acceptors (Lipinski definition) is 5. The summed E-state index contributed by atoms with van der Waals surface area (Å²) in [5, 5.41) is 11.1. The van der Waals surface area contributed by atoms with Crippen LogP contribution in [0.4, 0.5) is 5.69 Å². The summed E-state index contributed by atoms with van der Waals surface area (Å²) in [6, 6.07) is 11.2. The summed E-state index contributed by atoms with van der Waals surface area (Å²) in [5.74, 6) is 0.471. The van der Waals surface area contributed by atoms with E-state index in [1.54, 1.807) is 29.1 Å². The van der Waals surface area contributed by atoms with Gasteiger partial charge in [0.2, 0.25) is 0 Å². The number of para-hydroxylation sites is 1. The quantitative estimate of drug-likeness (QED) is 0.656. The molecule has 31 heavy (non-hydrogen) atoms. The number of aromatic amines is 1. The average Bonchev–Trinajstić information content (AvgIpc) is 3.48. The highest BCUT2D eigenvalue weighted by molar-refractivity contribution is 6.06. The van der Waals surface area contributed by atoms with Crippen molar-refractivity contribution in [1.29, 1.82) is 0 Å². The van der Waals surface area contributed by atoms with Crippen molar-refractivity contribution in [3.8, 4) is 0 Å². The fraction of sp³-hybridized carbons (Fsp3) is 0.391. The first-order valence-corrected chi connectivity index (χ1v) is 10.7. The van der Waals surface area contributed by atoms with Gasteiger partial charge in [0.25, 0.3) is 11.8 Å². The topological polar surface area (TPSA) is 95.3 Å². The lowest BCUT2D eigenvalue weighted by atomic mass is 9.92. The van der Waals surface area contributed by atoms with Crippen LogP contribution in [0.3, 0.4) is 0 Å². The molecule has 8 heteroatoms. The van der Waals surface area contributed by atoms with E-state index in [4.69, 9.17) is 4.52 Å². The van der Waals surface area contributed by atoms with E-state index in [1.165, 1.54) is 0 Å². The molecule has 2 amide bonds. The Hall–Kier alpha value is -3.42. The molecule has 0 radical (unpaired) electrons. The molecule has 0 unspecified atom stereocenters. The molecule has 1 aliphatic rings. The minimum Gasteiger partial charge on any atom is -0.361 e. The zero-order chi connectivity index (χ0) is 21.8. The summed E-state index contributed by atoms with van der Waals surface area (Å²) in [4.78, 5) is 29.5. The second-order valence-corrected chi connectivity index (χ2v) is 7.92. The summed E-state index contributed by atoms with van der Waals surface area (Å²) in [6.07, 6.45) is 4.99. The number of amides is 2. The van der Waals surface area contributed by atoms with E-state index in [2.05, 4.69) is 22.3 Å². The zero-order valence-electron chi connectivity index (χ0n) is 17.9. The van der Waals surface area contributed by atoms with Crippen LogP contribution in [0.15, 0.2) is 47.1 Å². The average molecular weight is 422 g/mol. The smallest absolute Gasteiger partial charge is 0.276 e. The van der Waals surface area contributed by atoms with Crippen LogP contribution in [0.5, 0.6) is 0 Å². The number of carbonyl (C=O) groups is 2. The molecule has 1 saturated heterocycles. The zero-order valence-corrected chi connectivity index (χ0v) is 17.9. The van der Waals surface area contributed by atoms with Gasteiger partial charge in [0.15, 0.2) is 5.69 Å². The van der Waals surface area contributed by atoms with Gasteiger partial charge in [-0.15, -0.1) is 0 Å². The molecule has 8 nitrogen and oxygen atoms in total. The van der Waals surface area contributed by atoms with E-state index >= 15 is 0 Å². The van der Waals surface area contributed by atoms with Gasteiger partial charge >= 0.3 is 0 Å². The Kier molecular flexibility index (Phi) is 6.16. The third-order valence-corrected chi connectivity index (χ3v) is 5.74. The maximum Gasteiger partial charge on any atom is 0.276 e. The molecular weight excluding hydrogens is 394 g/mol. The molecule has 0 saturated carbocycles. The first-order valence-electron chi connectivity index (χ1n) is 10.7. The molecule has 4 rings (SSSR count). The highest BCUT2D eigenvalue weighted by atomic mass is 16.5. The number of likely N-dealkylation sites (tertiary alicyclic amines) is 1. The van der Waals surface area contributed by atoms with E-state index in [1.807, 2.05) is 30.3 Å². The van der Waals surface area contributed by atoms with Crippen LogP contribution in [0.25, 0.3) is 0 Å².